The summed E-state index contributed by atoms with van der Waals surface area (Å²) in [5.74, 6) is 0. The van der Waals surface area contributed by atoms with Gasteiger partial charge in [0.05, 0.1) is 5.69 Å². The topological polar surface area (TPSA) is 16.4 Å². The van der Waals surface area contributed by atoms with Crippen molar-refractivity contribution in [2.75, 3.05) is 4.90 Å². The van der Waals surface area contributed by atoms with Crippen molar-refractivity contribution in [3.63, 3.8) is 0 Å². The number of benzene rings is 8. The van der Waals surface area contributed by atoms with Crippen LogP contribution in [0.15, 0.2) is 218 Å². The molecule has 256 valence electrons. The molecule has 8 aromatic carbocycles. The number of anilines is 3. The summed E-state index contributed by atoms with van der Waals surface area (Å²) >= 11 is 0. The average Bonchev–Trinajstić information content (AvgIpc) is 3.59. The molecular formula is C52H37NO. The molecule has 0 spiro atoms. The van der Waals surface area contributed by atoms with E-state index in [1.165, 1.54) is 10.8 Å². The van der Waals surface area contributed by atoms with Gasteiger partial charge in [0, 0.05) is 27.7 Å². The smallest absolute Gasteiger partial charge is 0.136 e. The highest BCUT2D eigenvalue weighted by Crippen LogP contribution is 2.43. The van der Waals surface area contributed by atoms with Gasteiger partial charge in [-0.3, -0.25) is 0 Å². The van der Waals surface area contributed by atoms with Gasteiger partial charge in [0.1, 0.15) is 11.2 Å². The minimum Gasteiger partial charge on any atom is -0.456 e. The molecule has 54 heavy (non-hydrogen) atoms. The van der Waals surface area contributed by atoms with Crippen LogP contribution >= 0.6 is 0 Å². The quantitative estimate of drug-likeness (QED) is 0.140. The Kier molecular flexibility index (Phi) is 8.55. The van der Waals surface area contributed by atoms with Gasteiger partial charge in [-0.25, -0.2) is 0 Å². The van der Waals surface area contributed by atoms with Crippen molar-refractivity contribution in [3.05, 3.63) is 219 Å². The van der Waals surface area contributed by atoms with Crippen molar-refractivity contribution in [1.82, 2.24) is 0 Å². The van der Waals surface area contributed by atoms with Crippen LogP contribution in [0.3, 0.4) is 0 Å². The molecule has 1 heterocycles. The van der Waals surface area contributed by atoms with Gasteiger partial charge in [0.2, 0.25) is 0 Å². The summed E-state index contributed by atoms with van der Waals surface area (Å²) in [6.07, 6.45) is 5.72. The molecule has 0 aliphatic heterocycles. The van der Waals surface area contributed by atoms with Crippen molar-refractivity contribution in [2.24, 2.45) is 0 Å². The zero-order chi connectivity index (χ0) is 36.4. The van der Waals surface area contributed by atoms with Gasteiger partial charge in [0.25, 0.3) is 0 Å². The van der Waals surface area contributed by atoms with Gasteiger partial charge >= 0.3 is 0 Å². The highest BCUT2D eigenvalue weighted by atomic mass is 16.3. The second kappa shape index (κ2) is 14.1. The Balaban J connectivity index is 1.14. The first-order chi connectivity index (χ1) is 26.7. The summed E-state index contributed by atoms with van der Waals surface area (Å²) < 4.78 is 6.36. The Morgan fingerprint density at radius 2 is 1.09 bits per heavy atom. The first kappa shape index (κ1) is 32.7. The Labute approximate surface area is 315 Å². The van der Waals surface area contributed by atoms with Crippen LogP contribution in [0, 0.1) is 0 Å². The van der Waals surface area contributed by atoms with Crippen LogP contribution in [-0.2, 0) is 0 Å². The predicted octanol–water partition coefficient (Wildman–Crippen LogP) is 15.0. The summed E-state index contributed by atoms with van der Waals surface area (Å²) in [7, 11) is 0. The lowest BCUT2D eigenvalue weighted by Gasteiger charge is -2.28. The molecule has 9 rings (SSSR count). The normalized spacial score (nSPS) is 11.6. The van der Waals surface area contributed by atoms with E-state index in [-0.39, 0.29) is 0 Å². The zero-order valence-electron chi connectivity index (χ0n) is 29.8. The highest BCUT2D eigenvalue weighted by Gasteiger charge is 2.19. The van der Waals surface area contributed by atoms with Crippen molar-refractivity contribution < 1.29 is 4.42 Å². The summed E-state index contributed by atoms with van der Waals surface area (Å²) in [5.41, 5.74) is 14.1. The lowest BCUT2D eigenvalue weighted by atomic mass is 9.90. The van der Waals surface area contributed by atoms with Crippen LogP contribution in [0.1, 0.15) is 5.56 Å². The molecule has 0 bridgehead atoms. The monoisotopic (exact) mass is 691 g/mol. The van der Waals surface area contributed by atoms with Crippen LogP contribution in [0.5, 0.6) is 0 Å². The second-order valence-electron chi connectivity index (χ2n) is 13.4. The molecule has 0 unspecified atom stereocenters. The molecule has 0 aliphatic rings. The standard InChI is InChI=1S/C52H37NO/c1-3-15-36(4-2)45-30-26-41(32-47(45)38-16-7-5-8-17-38)37-24-28-44(29-25-37)53(43-20-9-6-10-21-43)50-23-14-13-22-46(50)42-27-31-51-48(34-42)49-33-39-18-11-12-19-40(39)35-52(49)54-51/h3-35H,1-2H2/b36-15+. The van der Waals surface area contributed by atoms with Gasteiger partial charge in [-0.2, -0.15) is 0 Å². The van der Waals surface area contributed by atoms with Crippen molar-refractivity contribution in [1.29, 1.82) is 0 Å². The molecule has 0 saturated heterocycles. The molecular weight excluding hydrogens is 655 g/mol. The van der Waals surface area contributed by atoms with Gasteiger partial charge in [-0.1, -0.05) is 153 Å². The molecule has 9 aromatic rings. The Bertz CT molecular complexity index is 2840. The van der Waals surface area contributed by atoms with E-state index in [0.717, 1.165) is 83.5 Å². The minimum atomic E-state index is 0.887. The Morgan fingerprint density at radius 1 is 0.463 bits per heavy atom. The number of fused-ring (bicyclic) bond motifs is 4. The molecule has 0 saturated carbocycles. The number of hydrogen-bond acceptors (Lipinski definition) is 2. The molecule has 0 N–H and O–H groups in total. The number of nitrogens with zero attached hydrogens (tertiary/aromatic N) is 1. The summed E-state index contributed by atoms with van der Waals surface area (Å²) in [4.78, 5) is 2.35. The fourth-order valence-corrected chi connectivity index (χ4v) is 7.58. The minimum absolute atomic E-state index is 0.887. The largest absolute Gasteiger partial charge is 0.456 e. The number of rotatable bonds is 9. The molecule has 1 aromatic heterocycles. The van der Waals surface area contributed by atoms with Crippen LogP contribution < -0.4 is 4.90 Å². The predicted molar refractivity (Wildman–Crippen MR) is 231 cm³/mol. The van der Waals surface area contributed by atoms with Crippen LogP contribution in [-0.4, -0.2) is 0 Å². The van der Waals surface area contributed by atoms with E-state index in [9.17, 15) is 0 Å². The zero-order valence-corrected chi connectivity index (χ0v) is 29.8. The van der Waals surface area contributed by atoms with Crippen LogP contribution in [0.2, 0.25) is 0 Å². The first-order valence-electron chi connectivity index (χ1n) is 18.2. The van der Waals surface area contributed by atoms with Gasteiger partial charge < -0.3 is 9.32 Å². The maximum Gasteiger partial charge on any atom is 0.136 e. The summed E-state index contributed by atoms with van der Waals surface area (Å²) in [6, 6.07) is 64.7. The number of hydrogen-bond donors (Lipinski definition) is 0. The highest BCUT2D eigenvalue weighted by molar-refractivity contribution is 6.11. The van der Waals surface area contributed by atoms with E-state index in [4.69, 9.17) is 4.42 Å². The van der Waals surface area contributed by atoms with Crippen molar-refractivity contribution in [2.45, 2.75) is 0 Å². The van der Waals surface area contributed by atoms with E-state index < -0.39 is 0 Å². The molecule has 0 fully saturated rings. The van der Waals surface area contributed by atoms with Crippen LogP contribution in [0.25, 0.3) is 71.7 Å². The molecule has 2 nitrogen and oxygen atoms in total. The van der Waals surface area contributed by atoms with Gasteiger partial charge in [-0.05, 0) is 110 Å². The van der Waals surface area contributed by atoms with E-state index in [1.54, 1.807) is 0 Å². The van der Waals surface area contributed by atoms with E-state index in [1.807, 2.05) is 18.2 Å². The van der Waals surface area contributed by atoms with E-state index >= 15 is 0 Å². The molecule has 0 aliphatic carbocycles. The maximum absolute atomic E-state index is 6.36. The van der Waals surface area contributed by atoms with Crippen molar-refractivity contribution in [3.8, 4) is 33.4 Å². The third-order valence-electron chi connectivity index (χ3n) is 10.2. The summed E-state index contributed by atoms with van der Waals surface area (Å²) in [6.45, 7) is 8.01. The number of allylic oxidation sites excluding steroid dienone is 4. The van der Waals surface area contributed by atoms with Crippen molar-refractivity contribution >= 4 is 55.3 Å². The third kappa shape index (κ3) is 6.00. The SMILES string of the molecule is C=C/C=C(\C=C)c1ccc(-c2ccc(N(c3ccccc3)c3ccccc3-c3ccc4oc5cc6ccccc6cc5c4c3)cc2)cc1-c1ccccc1. The fraction of sp³-hybridized carbons (Fsp3) is 0. The van der Waals surface area contributed by atoms with Gasteiger partial charge in [0.15, 0.2) is 0 Å². The van der Waals surface area contributed by atoms with E-state index in [0.29, 0.717) is 0 Å². The fourth-order valence-electron chi connectivity index (χ4n) is 7.58. The summed E-state index contributed by atoms with van der Waals surface area (Å²) in [5, 5.41) is 4.62. The van der Waals surface area contributed by atoms with E-state index in [2.05, 4.69) is 200 Å². The Hall–Kier alpha value is -7.16. The average molecular weight is 692 g/mol. The lowest BCUT2D eigenvalue weighted by molar-refractivity contribution is 0.669. The Morgan fingerprint density at radius 3 is 1.85 bits per heavy atom. The van der Waals surface area contributed by atoms with Gasteiger partial charge in [-0.15, -0.1) is 0 Å². The molecule has 0 atom stereocenters. The third-order valence-corrected chi connectivity index (χ3v) is 10.2. The second-order valence-corrected chi connectivity index (χ2v) is 13.4. The maximum atomic E-state index is 6.36. The number of para-hydroxylation sites is 2. The molecule has 0 amide bonds. The molecule has 0 radical (unpaired) electrons. The van der Waals surface area contributed by atoms with Crippen LogP contribution in [0.4, 0.5) is 17.1 Å². The molecule has 2 heteroatoms. The first-order valence-corrected chi connectivity index (χ1v) is 18.2. The number of furan rings is 1. The lowest BCUT2D eigenvalue weighted by Crippen LogP contribution is -2.11.